The molecule has 1 aromatic carbocycles. The molecule has 0 amide bonds. The zero-order valence-electron chi connectivity index (χ0n) is 10.4. The molecule has 2 rings (SSSR count). The van der Waals surface area contributed by atoms with Crippen molar-refractivity contribution in [2.45, 2.75) is 38.1 Å². The van der Waals surface area contributed by atoms with Crippen LogP contribution in [0, 0.1) is 6.92 Å². The first-order valence-corrected chi connectivity index (χ1v) is 7.17. The van der Waals surface area contributed by atoms with E-state index in [1.165, 1.54) is 6.07 Å². The highest BCUT2D eigenvalue weighted by Gasteiger charge is 2.49. The maximum absolute atomic E-state index is 12.3. The van der Waals surface area contributed by atoms with E-state index in [2.05, 4.69) is 4.18 Å². The molecule has 0 saturated heterocycles. The molecule has 106 valence electrons. The van der Waals surface area contributed by atoms with Gasteiger partial charge in [0.05, 0.1) is 0 Å². The van der Waals surface area contributed by atoms with Gasteiger partial charge in [-0.1, -0.05) is 13.0 Å². The highest BCUT2D eigenvalue weighted by atomic mass is 32.2. The van der Waals surface area contributed by atoms with E-state index in [0.29, 0.717) is 5.56 Å². The molecule has 1 atom stereocenters. The van der Waals surface area contributed by atoms with Crippen molar-refractivity contribution >= 4 is 10.1 Å². The third kappa shape index (κ3) is 2.43. The standard InChI is InChI=1S/C12H13F3O3S/c1-7-4-6-10(11-8(2)3-5-9(7)11)18-19(16,17)12(13,14)15/h4,6,8H,3,5H2,1-2H3. The van der Waals surface area contributed by atoms with Gasteiger partial charge in [-0.25, -0.2) is 0 Å². The molecule has 0 bridgehead atoms. The Morgan fingerprint density at radius 1 is 1.32 bits per heavy atom. The summed E-state index contributed by atoms with van der Waals surface area (Å²) in [5, 5.41) is 0. The summed E-state index contributed by atoms with van der Waals surface area (Å²) in [6.07, 6.45) is 1.51. The molecule has 0 aliphatic heterocycles. The highest BCUT2D eigenvalue weighted by molar-refractivity contribution is 7.88. The molecule has 1 aliphatic carbocycles. The van der Waals surface area contributed by atoms with Gasteiger partial charge < -0.3 is 4.18 Å². The van der Waals surface area contributed by atoms with Crippen LogP contribution < -0.4 is 4.18 Å². The third-order valence-electron chi connectivity index (χ3n) is 3.35. The average molecular weight is 294 g/mol. The summed E-state index contributed by atoms with van der Waals surface area (Å²) in [4.78, 5) is 0. The number of rotatable bonds is 2. The number of aryl methyl sites for hydroxylation is 1. The Morgan fingerprint density at radius 2 is 1.95 bits per heavy atom. The van der Waals surface area contributed by atoms with Gasteiger partial charge in [0.2, 0.25) is 0 Å². The van der Waals surface area contributed by atoms with Gasteiger partial charge in [-0.2, -0.15) is 21.6 Å². The predicted octanol–water partition coefficient (Wildman–Crippen LogP) is 3.27. The van der Waals surface area contributed by atoms with Crippen LogP contribution in [-0.2, 0) is 16.5 Å². The van der Waals surface area contributed by atoms with Crippen LogP contribution in [0.2, 0.25) is 0 Å². The van der Waals surface area contributed by atoms with Crippen molar-refractivity contribution in [3.05, 3.63) is 28.8 Å². The first-order chi connectivity index (χ1) is 8.63. The Bertz CT molecular complexity index is 605. The van der Waals surface area contributed by atoms with Crippen molar-refractivity contribution in [2.24, 2.45) is 0 Å². The summed E-state index contributed by atoms with van der Waals surface area (Å²) >= 11 is 0. The molecule has 0 N–H and O–H groups in total. The lowest BCUT2D eigenvalue weighted by Crippen LogP contribution is -2.28. The van der Waals surface area contributed by atoms with E-state index in [4.69, 9.17) is 0 Å². The van der Waals surface area contributed by atoms with Gasteiger partial charge in [-0.15, -0.1) is 0 Å². The lowest BCUT2D eigenvalue weighted by atomic mass is 9.99. The Hall–Kier alpha value is -1.24. The van der Waals surface area contributed by atoms with Crippen LogP contribution in [0.4, 0.5) is 13.2 Å². The molecule has 3 nitrogen and oxygen atoms in total. The zero-order chi connectivity index (χ0) is 14.4. The number of hydrogen-bond donors (Lipinski definition) is 0. The Labute approximate surface area is 109 Å². The van der Waals surface area contributed by atoms with Crippen LogP contribution in [0.15, 0.2) is 12.1 Å². The maximum Gasteiger partial charge on any atom is 0.534 e. The summed E-state index contributed by atoms with van der Waals surface area (Å²) in [5.41, 5.74) is -3.00. The minimum atomic E-state index is -5.61. The maximum atomic E-state index is 12.3. The summed E-state index contributed by atoms with van der Waals surface area (Å²) in [6.45, 7) is 3.69. The second kappa shape index (κ2) is 4.40. The topological polar surface area (TPSA) is 43.4 Å². The first-order valence-electron chi connectivity index (χ1n) is 5.76. The zero-order valence-corrected chi connectivity index (χ0v) is 11.2. The molecular weight excluding hydrogens is 281 g/mol. The van der Waals surface area contributed by atoms with E-state index >= 15 is 0 Å². The summed E-state index contributed by atoms with van der Waals surface area (Å²) in [6, 6.07) is 2.87. The molecule has 0 heterocycles. The predicted molar refractivity (Wildman–Crippen MR) is 63.5 cm³/mol. The van der Waals surface area contributed by atoms with E-state index in [9.17, 15) is 21.6 Å². The molecule has 1 aliphatic rings. The quantitative estimate of drug-likeness (QED) is 0.621. The Balaban J connectivity index is 2.47. The van der Waals surface area contributed by atoms with Crippen molar-refractivity contribution in [3.8, 4) is 5.75 Å². The fourth-order valence-corrected chi connectivity index (χ4v) is 2.84. The van der Waals surface area contributed by atoms with Crippen molar-refractivity contribution in [2.75, 3.05) is 0 Å². The summed E-state index contributed by atoms with van der Waals surface area (Å²) in [7, 11) is -5.61. The second-order valence-electron chi connectivity index (χ2n) is 4.70. The van der Waals surface area contributed by atoms with Gasteiger partial charge in [0.1, 0.15) is 5.75 Å². The van der Waals surface area contributed by atoms with Crippen LogP contribution in [-0.4, -0.2) is 13.9 Å². The minimum absolute atomic E-state index is 0.00617. The van der Waals surface area contributed by atoms with E-state index in [-0.39, 0.29) is 11.7 Å². The fourth-order valence-electron chi connectivity index (χ4n) is 2.37. The molecule has 1 unspecified atom stereocenters. The molecule has 0 spiro atoms. The number of halogens is 3. The van der Waals surface area contributed by atoms with E-state index < -0.39 is 15.6 Å². The van der Waals surface area contributed by atoms with E-state index in [1.54, 1.807) is 6.07 Å². The largest absolute Gasteiger partial charge is 0.534 e. The van der Waals surface area contributed by atoms with Crippen molar-refractivity contribution in [3.63, 3.8) is 0 Å². The lowest BCUT2D eigenvalue weighted by Gasteiger charge is -2.15. The lowest BCUT2D eigenvalue weighted by molar-refractivity contribution is -0.0500. The van der Waals surface area contributed by atoms with Gasteiger partial charge in [-0.3, -0.25) is 0 Å². The molecule has 7 heteroatoms. The molecule has 0 fully saturated rings. The number of hydrogen-bond acceptors (Lipinski definition) is 3. The average Bonchev–Trinajstić information content (AvgIpc) is 2.64. The molecule has 0 aromatic heterocycles. The van der Waals surface area contributed by atoms with Crippen molar-refractivity contribution in [1.29, 1.82) is 0 Å². The summed E-state index contributed by atoms with van der Waals surface area (Å²) < 4.78 is 63.4. The molecule has 19 heavy (non-hydrogen) atoms. The van der Waals surface area contributed by atoms with E-state index in [0.717, 1.165) is 24.0 Å². The molecule has 1 aromatic rings. The Kier molecular flexibility index (Phi) is 3.28. The minimum Gasteiger partial charge on any atom is -0.376 e. The van der Waals surface area contributed by atoms with Crippen LogP contribution in [0.1, 0.15) is 36.0 Å². The van der Waals surface area contributed by atoms with Crippen molar-refractivity contribution < 1.29 is 25.8 Å². The SMILES string of the molecule is Cc1ccc(OS(=O)(=O)C(F)(F)F)c2c1CCC2C. The van der Waals surface area contributed by atoms with Crippen LogP contribution in [0.25, 0.3) is 0 Å². The second-order valence-corrected chi connectivity index (χ2v) is 6.23. The normalized spacial score (nSPS) is 19.3. The van der Waals surface area contributed by atoms with Crippen LogP contribution in [0.3, 0.4) is 0 Å². The van der Waals surface area contributed by atoms with Gasteiger partial charge in [0.15, 0.2) is 0 Å². The van der Waals surface area contributed by atoms with Crippen LogP contribution in [0.5, 0.6) is 5.75 Å². The van der Waals surface area contributed by atoms with Crippen LogP contribution >= 0.6 is 0 Å². The van der Waals surface area contributed by atoms with Gasteiger partial charge in [-0.05, 0) is 42.9 Å². The molecular formula is C12H13F3O3S. The van der Waals surface area contributed by atoms with Gasteiger partial charge in [0, 0.05) is 5.56 Å². The van der Waals surface area contributed by atoms with Crippen molar-refractivity contribution in [1.82, 2.24) is 0 Å². The smallest absolute Gasteiger partial charge is 0.376 e. The first kappa shape index (κ1) is 14.2. The number of fused-ring (bicyclic) bond motifs is 1. The van der Waals surface area contributed by atoms with Gasteiger partial charge in [0.25, 0.3) is 0 Å². The van der Waals surface area contributed by atoms with E-state index in [1.807, 2.05) is 13.8 Å². The number of benzene rings is 1. The summed E-state index contributed by atoms with van der Waals surface area (Å²) in [5.74, 6) is -0.212. The molecule has 0 radical (unpaired) electrons. The fraction of sp³-hybridized carbons (Fsp3) is 0.500. The highest BCUT2D eigenvalue weighted by Crippen LogP contribution is 2.42. The third-order valence-corrected chi connectivity index (χ3v) is 4.32. The number of alkyl halides is 3. The molecule has 0 saturated carbocycles. The Morgan fingerprint density at radius 3 is 2.53 bits per heavy atom. The monoisotopic (exact) mass is 294 g/mol. The van der Waals surface area contributed by atoms with Gasteiger partial charge >= 0.3 is 15.6 Å².